The van der Waals surface area contributed by atoms with E-state index in [9.17, 15) is 4.79 Å². The van der Waals surface area contributed by atoms with Crippen molar-refractivity contribution in [3.63, 3.8) is 0 Å². The first-order valence-electron chi connectivity index (χ1n) is 9.07. The smallest absolute Gasteiger partial charge is 0.337 e. The van der Waals surface area contributed by atoms with E-state index in [0.717, 1.165) is 6.29 Å². The standard InChI is InChI=1S/C15H22O2.C5H12O.C2H4O/c1-10(2)8-11(3)14-7-6-13(9-12(14)4)15(16)17-5;1-5(2,3)6-4;1-2-3/h6-7,9-11H,8H2,1-5H3;1-4H3;2H,1H3. The number of ether oxygens (including phenoxy) is 2. The van der Waals surface area contributed by atoms with E-state index in [0.29, 0.717) is 17.4 Å². The summed E-state index contributed by atoms with van der Waals surface area (Å²) >= 11 is 0. The Morgan fingerprint density at radius 2 is 1.62 bits per heavy atom. The van der Waals surface area contributed by atoms with Crippen molar-refractivity contribution in [3.05, 3.63) is 34.9 Å². The van der Waals surface area contributed by atoms with Crippen LogP contribution in [-0.2, 0) is 14.3 Å². The Bertz CT molecular complexity index is 527. The van der Waals surface area contributed by atoms with Gasteiger partial charge in [-0.25, -0.2) is 4.79 Å². The summed E-state index contributed by atoms with van der Waals surface area (Å²) in [5, 5.41) is 0. The molecule has 0 radical (unpaired) electrons. The summed E-state index contributed by atoms with van der Waals surface area (Å²) < 4.78 is 9.65. The molecule has 150 valence electrons. The molecule has 0 spiro atoms. The predicted molar refractivity (Wildman–Crippen MR) is 109 cm³/mol. The molecular formula is C22H38O4. The number of hydrogen-bond donors (Lipinski definition) is 0. The topological polar surface area (TPSA) is 52.6 Å². The van der Waals surface area contributed by atoms with Crippen molar-refractivity contribution in [2.24, 2.45) is 5.92 Å². The van der Waals surface area contributed by atoms with Crippen LogP contribution in [0.4, 0.5) is 0 Å². The molecule has 0 aromatic heterocycles. The SMILES string of the molecule is CC=O.COC(=O)c1ccc(C(C)CC(C)C)c(C)c1.COC(C)(C)C. The molecule has 0 aliphatic rings. The van der Waals surface area contributed by atoms with Crippen LogP contribution in [0.15, 0.2) is 18.2 Å². The van der Waals surface area contributed by atoms with Gasteiger partial charge in [0.2, 0.25) is 0 Å². The predicted octanol–water partition coefficient (Wildman–Crippen LogP) is 5.57. The third-order valence-corrected chi connectivity index (χ3v) is 3.66. The van der Waals surface area contributed by atoms with Gasteiger partial charge in [0.15, 0.2) is 0 Å². The van der Waals surface area contributed by atoms with Crippen molar-refractivity contribution in [2.75, 3.05) is 14.2 Å². The molecule has 0 fully saturated rings. The Kier molecular flexibility index (Phi) is 13.8. The van der Waals surface area contributed by atoms with Crippen LogP contribution in [0, 0.1) is 12.8 Å². The van der Waals surface area contributed by atoms with Crippen LogP contribution in [-0.4, -0.2) is 32.1 Å². The lowest BCUT2D eigenvalue weighted by Gasteiger charge is -2.17. The van der Waals surface area contributed by atoms with Crippen LogP contribution in [0.3, 0.4) is 0 Å². The summed E-state index contributed by atoms with van der Waals surface area (Å²) in [6.45, 7) is 16.3. The van der Waals surface area contributed by atoms with Crippen molar-refractivity contribution in [3.8, 4) is 0 Å². The fourth-order valence-corrected chi connectivity index (χ4v) is 2.31. The van der Waals surface area contributed by atoms with Crippen molar-refractivity contribution < 1.29 is 19.1 Å². The minimum absolute atomic E-state index is 0.0417. The Morgan fingerprint density at radius 1 is 1.15 bits per heavy atom. The summed E-state index contributed by atoms with van der Waals surface area (Å²) in [7, 11) is 3.12. The number of hydrogen-bond acceptors (Lipinski definition) is 4. The van der Waals surface area contributed by atoms with Crippen LogP contribution in [0.5, 0.6) is 0 Å². The molecule has 1 aromatic rings. The molecule has 0 aliphatic heterocycles. The molecule has 4 nitrogen and oxygen atoms in total. The van der Waals surface area contributed by atoms with Crippen LogP contribution in [0.2, 0.25) is 0 Å². The normalized spacial score (nSPS) is 11.5. The van der Waals surface area contributed by atoms with Gasteiger partial charge in [0.05, 0.1) is 18.3 Å². The highest BCUT2D eigenvalue weighted by Crippen LogP contribution is 2.26. The zero-order chi connectivity index (χ0) is 20.9. The van der Waals surface area contributed by atoms with E-state index in [1.54, 1.807) is 7.11 Å². The lowest BCUT2D eigenvalue weighted by Crippen LogP contribution is -2.15. The molecule has 0 amide bonds. The Hall–Kier alpha value is -1.68. The summed E-state index contributed by atoms with van der Waals surface area (Å²) in [5.41, 5.74) is 3.16. The average Bonchev–Trinajstić information content (AvgIpc) is 2.53. The van der Waals surface area contributed by atoms with Crippen LogP contribution >= 0.6 is 0 Å². The van der Waals surface area contributed by atoms with Crippen LogP contribution in [0.25, 0.3) is 0 Å². The summed E-state index contributed by atoms with van der Waals surface area (Å²) in [6.07, 6.45) is 1.92. The average molecular weight is 367 g/mol. The van der Waals surface area contributed by atoms with E-state index in [1.807, 2.05) is 32.9 Å². The maximum Gasteiger partial charge on any atom is 0.337 e. The molecule has 1 rings (SSSR count). The van der Waals surface area contributed by atoms with Crippen molar-refractivity contribution >= 4 is 12.3 Å². The molecule has 1 atom stereocenters. The first-order chi connectivity index (χ1) is 11.9. The van der Waals surface area contributed by atoms with Gasteiger partial charge in [0.25, 0.3) is 0 Å². The van der Waals surface area contributed by atoms with Gasteiger partial charge in [-0.05, 0) is 76.1 Å². The van der Waals surface area contributed by atoms with Crippen molar-refractivity contribution in [1.82, 2.24) is 0 Å². The molecule has 1 aromatic carbocycles. The van der Waals surface area contributed by atoms with E-state index in [-0.39, 0.29) is 11.6 Å². The van der Waals surface area contributed by atoms with E-state index < -0.39 is 0 Å². The largest absolute Gasteiger partial charge is 0.465 e. The number of aryl methyl sites for hydroxylation is 1. The molecule has 0 N–H and O–H groups in total. The number of carbonyl (C=O) groups excluding carboxylic acids is 2. The second-order valence-electron chi connectivity index (χ2n) is 7.65. The van der Waals surface area contributed by atoms with Crippen molar-refractivity contribution in [1.29, 1.82) is 0 Å². The zero-order valence-electron chi connectivity index (χ0n) is 18.3. The number of aldehydes is 1. The Labute approximate surface area is 160 Å². The van der Waals surface area contributed by atoms with Gasteiger partial charge in [-0.15, -0.1) is 0 Å². The Morgan fingerprint density at radius 3 is 1.92 bits per heavy atom. The summed E-state index contributed by atoms with van der Waals surface area (Å²) in [4.78, 5) is 20.2. The molecule has 0 bridgehead atoms. The van der Waals surface area contributed by atoms with E-state index in [2.05, 4.69) is 33.8 Å². The highest BCUT2D eigenvalue weighted by molar-refractivity contribution is 5.89. The highest BCUT2D eigenvalue weighted by Gasteiger charge is 2.13. The van der Waals surface area contributed by atoms with Gasteiger partial charge in [-0.1, -0.05) is 26.8 Å². The zero-order valence-corrected chi connectivity index (χ0v) is 18.3. The number of benzene rings is 1. The highest BCUT2D eigenvalue weighted by atomic mass is 16.5. The Balaban J connectivity index is 0. The second kappa shape index (κ2) is 13.5. The number of esters is 1. The molecular weight excluding hydrogens is 328 g/mol. The van der Waals surface area contributed by atoms with Crippen molar-refractivity contribution in [2.45, 2.75) is 73.3 Å². The lowest BCUT2D eigenvalue weighted by molar-refractivity contribution is -0.106. The van der Waals surface area contributed by atoms with E-state index in [4.69, 9.17) is 14.3 Å². The third kappa shape index (κ3) is 12.6. The fraction of sp³-hybridized carbons (Fsp3) is 0.636. The minimum atomic E-state index is -0.267. The number of methoxy groups -OCH3 is 2. The molecule has 1 unspecified atom stereocenters. The van der Waals surface area contributed by atoms with Gasteiger partial charge in [0, 0.05) is 7.11 Å². The second-order valence-corrected chi connectivity index (χ2v) is 7.65. The van der Waals surface area contributed by atoms with E-state index in [1.165, 1.54) is 31.6 Å². The first-order valence-corrected chi connectivity index (χ1v) is 9.07. The molecule has 0 saturated carbocycles. The number of rotatable bonds is 4. The summed E-state index contributed by atoms with van der Waals surface area (Å²) in [5.74, 6) is 0.947. The van der Waals surface area contributed by atoms with Gasteiger partial charge < -0.3 is 14.3 Å². The maximum absolute atomic E-state index is 11.4. The molecule has 4 heteroatoms. The maximum atomic E-state index is 11.4. The number of carbonyl (C=O) groups is 2. The van der Waals surface area contributed by atoms with Crippen LogP contribution < -0.4 is 0 Å². The monoisotopic (exact) mass is 366 g/mol. The third-order valence-electron chi connectivity index (χ3n) is 3.66. The van der Waals surface area contributed by atoms with Gasteiger partial charge >= 0.3 is 5.97 Å². The first kappa shape index (κ1) is 26.5. The lowest BCUT2D eigenvalue weighted by atomic mass is 9.88. The van der Waals surface area contributed by atoms with Gasteiger partial charge in [0.1, 0.15) is 6.29 Å². The summed E-state index contributed by atoms with van der Waals surface area (Å²) in [6, 6.07) is 5.82. The fourth-order valence-electron chi connectivity index (χ4n) is 2.31. The molecule has 0 aliphatic carbocycles. The van der Waals surface area contributed by atoms with E-state index >= 15 is 0 Å². The molecule has 26 heavy (non-hydrogen) atoms. The van der Waals surface area contributed by atoms with Crippen LogP contribution in [0.1, 0.15) is 82.3 Å². The quantitative estimate of drug-likeness (QED) is 0.516. The molecule has 0 saturated heterocycles. The molecule has 0 heterocycles. The van der Waals surface area contributed by atoms with Gasteiger partial charge in [-0.2, -0.15) is 0 Å². The van der Waals surface area contributed by atoms with Gasteiger partial charge in [-0.3, -0.25) is 0 Å². The minimum Gasteiger partial charge on any atom is -0.465 e.